The second-order valence-electron chi connectivity index (χ2n) is 8.36. The summed E-state index contributed by atoms with van der Waals surface area (Å²) in [7, 11) is 1.56. The Morgan fingerprint density at radius 2 is 1.74 bits per heavy atom. The minimum absolute atomic E-state index is 0.0449. The molecule has 9 heteroatoms. The van der Waals surface area contributed by atoms with Crippen LogP contribution in [0.2, 0.25) is 0 Å². The molecule has 0 aliphatic rings. The highest BCUT2D eigenvalue weighted by Gasteiger charge is 2.27. The van der Waals surface area contributed by atoms with Gasteiger partial charge < -0.3 is 14.2 Å². The number of ketones is 1. The third kappa shape index (κ3) is 8.35. The second kappa shape index (κ2) is 13.4. The van der Waals surface area contributed by atoms with Crippen LogP contribution in [-0.2, 0) is 27.2 Å². The summed E-state index contributed by atoms with van der Waals surface area (Å²) in [5.41, 5.74) is 0.834. The van der Waals surface area contributed by atoms with Gasteiger partial charge in [-0.3, -0.25) is 19.7 Å². The van der Waals surface area contributed by atoms with Crippen LogP contribution in [0.1, 0.15) is 51.2 Å². The highest BCUT2D eigenvalue weighted by molar-refractivity contribution is 5.99. The molecule has 35 heavy (non-hydrogen) atoms. The molecule has 0 fully saturated rings. The summed E-state index contributed by atoms with van der Waals surface area (Å²) in [6.45, 7) is 5.64. The predicted molar refractivity (Wildman–Crippen MR) is 128 cm³/mol. The van der Waals surface area contributed by atoms with Gasteiger partial charge in [-0.2, -0.15) is 4.39 Å². The zero-order valence-electron chi connectivity index (χ0n) is 20.5. The molecule has 2 rings (SSSR count). The molecule has 0 aromatic heterocycles. The molecule has 2 aromatic carbocycles. The van der Waals surface area contributed by atoms with Gasteiger partial charge in [-0.15, -0.1) is 0 Å². The van der Waals surface area contributed by atoms with Crippen molar-refractivity contribution in [1.82, 2.24) is 0 Å². The second-order valence-corrected chi connectivity index (χ2v) is 8.36. The number of rotatable bonds is 14. The molecule has 0 saturated carbocycles. The largest absolute Gasteiger partial charge is 0.493 e. The van der Waals surface area contributed by atoms with Crippen LogP contribution < -0.4 is 9.47 Å². The Bertz CT molecular complexity index is 1040. The number of carbonyl (C=O) groups excluding carboxylic acids is 2. The molecule has 0 heterocycles. The normalized spacial score (nSPS) is 11.7. The number of nitro benzene ring substituents is 1. The number of halogens is 1. The molecule has 0 amide bonds. The third-order valence-corrected chi connectivity index (χ3v) is 5.38. The van der Waals surface area contributed by atoms with E-state index in [0.29, 0.717) is 36.3 Å². The number of hydrogen-bond donors (Lipinski definition) is 0. The molecule has 0 radical (unpaired) electrons. The average Bonchev–Trinajstić information content (AvgIpc) is 2.81. The Labute approximate surface area is 204 Å². The number of nitro groups is 1. The van der Waals surface area contributed by atoms with E-state index in [1.807, 2.05) is 26.0 Å². The van der Waals surface area contributed by atoms with Crippen LogP contribution in [0.25, 0.3) is 0 Å². The lowest BCUT2D eigenvalue weighted by Crippen LogP contribution is -2.27. The van der Waals surface area contributed by atoms with Crippen LogP contribution in [0.5, 0.6) is 11.5 Å². The van der Waals surface area contributed by atoms with Crippen molar-refractivity contribution in [2.75, 3.05) is 13.7 Å². The molecule has 0 N–H and O–H groups in total. The summed E-state index contributed by atoms with van der Waals surface area (Å²) in [6, 6.07) is 9.14. The van der Waals surface area contributed by atoms with E-state index in [-0.39, 0.29) is 31.3 Å². The Kier molecular flexibility index (Phi) is 10.6. The maximum atomic E-state index is 13.6. The van der Waals surface area contributed by atoms with Crippen LogP contribution in [0.4, 0.5) is 10.1 Å². The summed E-state index contributed by atoms with van der Waals surface area (Å²) >= 11 is 0. The van der Waals surface area contributed by atoms with Gasteiger partial charge in [-0.1, -0.05) is 12.1 Å². The molecule has 0 saturated heterocycles. The van der Waals surface area contributed by atoms with Crippen molar-refractivity contribution < 1.29 is 33.1 Å². The van der Waals surface area contributed by atoms with E-state index in [9.17, 15) is 24.1 Å². The van der Waals surface area contributed by atoms with Crippen LogP contribution >= 0.6 is 0 Å². The zero-order chi connectivity index (χ0) is 26.0. The third-order valence-electron chi connectivity index (χ3n) is 5.38. The molecule has 1 atom stereocenters. The number of benzene rings is 2. The number of esters is 1. The fourth-order valence-corrected chi connectivity index (χ4v) is 3.68. The Morgan fingerprint density at radius 3 is 2.37 bits per heavy atom. The maximum absolute atomic E-state index is 13.6. The Morgan fingerprint density at radius 1 is 1.06 bits per heavy atom. The van der Waals surface area contributed by atoms with Crippen molar-refractivity contribution in [3.05, 3.63) is 63.5 Å². The van der Waals surface area contributed by atoms with E-state index in [0.717, 1.165) is 11.6 Å². The van der Waals surface area contributed by atoms with Gasteiger partial charge in [0.1, 0.15) is 11.7 Å². The molecular weight excluding hydrogens is 457 g/mol. The standard InChI is InChI=1S/C26H32FNO7/c1-5-34-26(30)20(8-6-7-18-9-12-21(27)22(15-18)28(31)32)23(29)13-10-19-11-14-24(33-4)25(16-19)35-17(2)3/h9,11-12,14-17,20H,5-8,10,13H2,1-4H3. The number of hydrogen-bond acceptors (Lipinski definition) is 7. The van der Waals surface area contributed by atoms with Gasteiger partial charge in [0.05, 0.1) is 24.7 Å². The van der Waals surface area contributed by atoms with Gasteiger partial charge in [-0.25, -0.2) is 0 Å². The number of Topliss-reactive ketones (excluding diaryl/α,β-unsaturated/α-hetero) is 1. The van der Waals surface area contributed by atoms with Crippen molar-refractivity contribution >= 4 is 17.4 Å². The first-order valence-corrected chi connectivity index (χ1v) is 11.6. The van der Waals surface area contributed by atoms with Crippen LogP contribution in [0.15, 0.2) is 36.4 Å². The zero-order valence-corrected chi connectivity index (χ0v) is 20.5. The first-order valence-electron chi connectivity index (χ1n) is 11.6. The summed E-state index contributed by atoms with van der Waals surface area (Å²) in [4.78, 5) is 35.6. The minimum Gasteiger partial charge on any atom is -0.493 e. The molecule has 1 unspecified atom stereocenters. The van der Waals surface area contributed by atoms with E-state index in [1.165, 1.54) is 12.1 Å². The molecular formula is C26H32FNO7. The number of carbonyl (C=O) groups is 2. The summed E-state index contributed by atoms with van der Waals surface area (Å²) in [6.07, 6.45) is 1.51. The number of methoxy groups -OCH3 is 1. The molecule has 0 bridgehead atoms. The highest BCUT2D eigenvalue weighted by Crippen LogP contribution is 2.30. The smallest absolute Gasteiger partial charge is 0.316 e. The van der Waals surface area contributed by atoms with E-state index < -0.39 is 28.3 Å². The molecule has 190 valence electrons. The SMILES string of the molecule is CCOC(=O)C(CCCc1ccc(F)c([N+](=O)[O-])c1)C(=O)CCc1ccc(OC)c(OC(C)C)c1. The number of aryl methyl sites for hydroxylation is 2. The van der Waals surface area contributed by atoms with E-state index in [1.54, 1.807) is 20.1 Å². The van der Waals surface area contributed by atoms with Crippen LogP contribution in [-0.4, -0.2) is 36.5 Å². The number of nitrogens with zero attached hydrogens (tertiary/aromatic N) is 1. The van der Waals surface area contributed by atoms with Gasteiger partial charge in [0, 0.05) is 12.5 Å². The van der Waals surface area contributed by atoms with Crippen molar-refractivity contribution in [2.45, 2.75) is 59.0 Å². The molecule has 8 nitrogen and oxygen atoms in total. The highest BCUT2D eigenvalue weighted by atomic mass is 19.1. The first-order chi connectivity index (χ1) is 16.7. The first kappa shape index (κ1) is 27.8. The Balaban J connectivity index is 2.04. The van der Waals surface area contributed by atoms with Gasteiger partial charge >= 0.3 is 11.7 Å². The van der Waals surface area contributed by atoms with Gasteiger partial charge in [0.15, 0.2) is 11.5 Å². The molecule has 0 aliphatic carbocycles. The van der Waals surface area contributed by atoms with E-state index in [2.05, 4.69) is 0 Å². The lowest BCUT2D eigenvalue weighted by molar-refractivity contribution is -0.387. The van der Waals surface area contributed by atoms with E-state index in [4.69, 9.17) is 14.2 Å². The predicted octanol–water partition coefficient (Wildman–Crippen LogP) is 5.23. The summed E-state index contributed by atoms with van der Waals surface area (Å²) < 4.78 is 29.8. The fourth-order valence-electron chi connectivity index (χ4n) is 3.68. The topological polar surface area (TPSA) is 105 Å². The minimum atomic E-state index is -0.935. The number of ether oxygens (including phenoxy) is 3. The van der Waals surface area contributed by atoms with Crippen molar-refractivity contribution in [3.63, 3.8) is 0 Å². The average molecular weight is 490 g/mol. The van der Waals surface area contributed by atoms with Crippen LogP contribution in [0.3, 0.4) is 0 Å². The molecule has 0 aliphatic heterocycles. The quantitative estimate of drug-likeness (QED) is 0.155. The van der Waals surface area contributed by atoms with Crippen molar-refractivity contribution in [2.24, 2.45) is 5.92 Å². The lowest BCUT2D eigenvalue weighted by Gasteiger charge is -2.16. The fraction of sp³-hybridized carbons (Fsp3) is 0.462. The lowest BCUT2D eigenvalue weighted by atomic mass is 9.92. The monoisotopic (exact) mass is 489 g/mol. The molecule has 0 spiro atoms. The summed E-state index contributed by atoms with van der Waals surface area (Å²) in [5.74, 6) is -1.48. The van der Waals surface area contributed by atoms with Gasteiger partial charge in [-0.05, 0) is 75.8 Å². The maximum Gasteiger partial charge on any atom is 0.316 e. The Hall–Kier alpha value is -3.49. The van der Waals surface area contributed by atoms with Gasteiger partial charge in [0.2, 0.25) is 5.82 Å². The van der Waals surface area contributed by atoms with Gasteiger partial charge in [0.25, 0.3) is 0 Å². The van der Waals surface area contributed by atoms with Crippen molar-refractivity contribution in [1.29, 1.82) is 0 Å². The van der Waals surface area contributed by atoms with E-state index >= 15 is 0 Å². The van der Waals surface area contributed by atoms with Crippen molar-refractivity contribution in [3.8, 4) is 11.5 Å². The summed E-state index contributed by atoms with van der Waals surface area (Å²) in [5, 5.41) is 10.9. The van der Waals surface area contributed by atoms with Crippen LogP contribution in [0, 0.1) is 21.8 Å². The molecule has 2 aromatic rings.